The fourth-order valence-electron chi connectivity index (χ4n) is 6.21. The first-order chi connectivity index (χ1) is 22.5. The van der Waals surface area contributed by atoms with Crippen LogP contribution in [0.5, 0.6) is 5.75 Å². The molecule has 0 spiro atoms. The fraction of sp³-hybridized carbons (Fsp3) is 0.462. The van der Waals surface area contributed by atoms with E-state index < -0.39 is 0 Å². The van der Waals surface area contributed by atoms with Gasteiger partial charge in [-0.25, -0.2) is 0 Å². The molecule has 0 atom stereocenters. The summed E-state index contributed by atoms with van der Waals surface area (Å²) >= 11 is 0. The smallest absolute Gasteiger partial charge is 0.251 e. The van der Waals surface area contributed by atoms with Crippen LogP contribution >= 0.6 is 24.8 Å². The van der Waals surface area contributed by atoms with Crippen LogP contribution in [0, 0.1) is 0 Å². The van der Waals surface area contributed by atoms with Gasteiger partial charge < -0.3 is 24.4 Å². The Morgan fingerprint density at radius 2 is 1.65 bits per heavy atom. The molecule has 1 saturated heterocycles. The molecule has 5 rings (SSSR count). The van der Waals surface area contributed by atoms with E-state index in [-0.39, 0.29) is 30.7 Å². The number of carbonyl (C=O) groups is 1. The first-order valence-corrected chi connectivity index (χ1v) is 17.1. The van der Waals surface area contributed by atoms with Crippen LogP contribution in [0.3, 0.4) is 0 Å². The lowest BCUT2D eigenvalue weighted by atomic mass is 10.00. The third kappa shape index (κ3) is 11.2. The van der Waals surface area contributed by atoms with Gasteiger partial charge in [0.1, 0.15) is 12.4 Å². The Morgan fingerprint density at radius 3 is 2.35 bits per heavy atom. The van der Waals surface area contributed by atoms with Gasteiger partial charge in [0.25, 0.3) is 5.91 Å². The molecule has 3 aromatic carbocycles. The predicted molar refractivity (Wildman–Crippen MR) is 203 cm³/mol. The summed E-state index contributed by atoms with van der Waals surface area (Å²) < 4.78 is 17.0. The number of hydrogen-bond acceptors (Lipinski definition) is 6. The number of hydrogen-bond donors (Lipinski definition) is 1. The molecule has 0 saturated carbocycles. The van der Waals surface area contributed by atoms with Crippen LogP contribution < -0.4 is 15.0 Å². The number of fused-ring (bicyclic) bond motifs is 1. The zero-order valence-electron chi connectivity index (χ0n) is 28.7. The highest BCUT2D eigenvalue weighted by Crippen LogP contribution is 2.33. The SMILES string of the molecule is CCCCOCCOc1ccc(-c2ccc3c(c2)C=C(C(=O)Nc2ccc(CN(C)C4CCOCC4)cc2)CCN3CCC)cc1.Cl.Cl. The summed E-state index contributed by atoms with van der Waals surface area (Å²) in [6.45, 7) is 10.6. The second kappa shape index (κ2) is 20.4. The van der Waals surface area contributed by atoms with Crippen LogP contribution in [0.2, 0.25) is 0 Å². The molecular formula is C39H53Cl2N3O4. The molecule has 0 aromatic heterocycles. The molecule has 0 radical (unpaired) electrons. The molecule has 262 valence electrons. The van der Waals surface area contributed by atoms with E-state index >= 15 is 0 Å². The average molecular weight is 699 g/mol. The van der Waals surface area contributed by atoms with Gasteiger partial charge in [0, 0.05) is 62.4 Å². The number of ether oxygens (including phenoxy) is 3. The average Bonchev–Trinajstić information content (AvgIpc) is 3.27. The number of unbranched alkanes of at least 4 members (excludes halogenated alkanes) is 1. The van der Waals surface area contributed by atoms with E-state index in [4.69, 9.17) is 14.2 Å². The van der Waals surface area contributed by atoms with Crippen LogP contribution in [0.4, 0.5) is 11.4 Å². The molecule has 1 fully saturated rings. The fourth-order valence-corrected chi connectivity index (χ4v) is 6.21. The van der Waals surface area contributed by atoms with Crippen molar-refractivity contribution in [2.45, 2.75) is 65.0 Å². The van der Waals surface area contributed by atoms with Crippen LogP contribution in [0.15, 0.2) is 72.3 Å². The van der Waals surface area contributed by atoms with E-state index in [1.165, 1.54) is 11.3 Å². The van der Waals surface area contributed by atoms with Gasteiger partial charge in [0.2, 0.25) is 0 Å². The molecule has 3 aromatic rings. The third-order valence-corrected chi connectivity index (χ3v) is 8.92. The highest BCUT2D eigenvalue weighted by molar-refractivity contribution is 6.07. The zero-order chi connectivity index (χ0) is 32.1. The Morgan fingerprint density at radius 1 is 0.917 bits per heavy atom. The van der Waals surface area contributed by atoms with Crippen LogP contribution in [-0.4, -0.2) is 70.0 Å². The van der Waals surface area contributed by atoms with E-state index in [1.807, 2.05) is 24.3 Å². The number of nitrogens with zero attached hydrogens (tertiary/aromatic N) is 2. The quantitative estimate of drug-likeness (QED) is 0.160. The summed E-state index contributed by atoms with van der Waals surface area (Å²) in [5, 5.41) is 3.17. The van der Waals surface area contributed by atoms with E-state index in [2.05, 4.69) is 84.6 Å². The minimum atomic E-state index is -0.0399. The molecule has 1 N–H and O–H groups in total. The second-order valence-electron chi connectivity index (χ2n) is 12.4. The number of nitrogens with one attached hydrogen (secondary N) is 1. The number of carbonyl (C=O) groups excluding carboxylic acids is 1. The highest BCUT2D eigenvalue weighted by atomic mass is 35.5. The van der Waals surface area contributed by atoms with Crippen molar-refractivity contribution in [3.8, 4) is 16.9 Å². The standard InChI is InChI=1S/C39H51N3O4.2ClH/c1-4-6-22-44-25-26-46-37-14-9-31(10-15-37)32-11-16-38-34(27-32)28-33(17-21-42(38)20-5-2)39(43)40-35-12-7-30(8-13-35)29-41(3)36-18-23-45-24-19-36;;/h7-16,27-28,36H,4-6,17-26,29H2,1-3H3,(H,40,43);2*1H. The van der Waals surface area contributed by atoms with Crippen molar-refractivity contribution in [3.05, 3.63) is 83.4 Å². The number of amides is 1. The highest BCUT2D eigenvalue weighted by Gasteiger charge is 2.21. The molecule has 9 heteroatoms. The molecule has 7 nitrogen and oxygen atoms in total. The van der Waals surface area contributed by atoms with Gasteiger partial charge in [-0.15, -0.1) is 24.8 Å². The van der Waals surface area contributed by atoms with Crippen molar-refractivity contribution in [3.63, 3.8) is 0 Å². The Hall–Kier alpha value is -3.07. The van der Waals surface area contributed by atoms with Crippen molar-refractivity contribution >= 4 is 48.2 Å². The van der Waals surface area contributed by atoms with E-state index in [1.54, 1.807) is 0 Å². The summed E-state index contributed by atoms with van der Waals surface area (Å²) in [5.41, 5.74) is 7.34. The Balaban J connectivity index is 0.00000312. The molecule has 0 aliphatic carbocycles. The van der Waals surface area contributed by atoms with Crippen molar-refractivity contribution in [2.75, 3.05) is 63.4 Å². The maximum absolute atomic E-state index is 13.6. The van der Waals surface area contributed by atoms with Crippen molar-refractivity contribution in [2.24, 2.45) is 0 Å². The molecule has 2 heterocycles. The lowest BCUT2D eigenvalue weighted by Gasteiger charge is -2.31. The van der Waals surface area contributed by atoms with E-state index in [0.29, 0.717) is 25.7 Å². The molecule has 0 bridgehead atoms. The number of benzene rings is 3. The summed E-state index contributed by atoms with van der Waals surface area (Å²) in [4.78, 5) is 18.4. The lowest BCUT2D eigenvalue weighted by Crippen LogP contribution is -2.36. The van der Waals surface area contributed by atoms with Crippen molar-refractivity contribution in [1.29, 1.82) is 0 Å². The topological polar surface area (TPSA) is 63.3 Å². The molecule has 2 aliphatic rings. The maximum Gasteiger partial charge on any atom is 0.251 e. The van der Waals surface area contributed by atoms with Gasteiger partial charge in [-0.3, -0.25) is 9.69 Å². The summed E-state index contributed by atoms with van der Waals surface area (Å²) in [5.74, 6) is 0.798. The molecule has 2 aliphatic heterocycles. The van der Waals surface area contributed by atoms with Gasteiger partial charge in [-0.1, -0.05) is 50.6 Å². The van der Waals surface area contributed by atoms with Gasteiger partial charge >= 0.3 is 0 Å². The number of anilines is 2. The van der Waals surface area contributed by atoms with Gasteiger partial charge in [0.15, 0.2) is 0 Å². The monoisotopic (exact) mass is 697 g/mol. The number of halogens is 2. The summed E-state index contributed by atoms with van der Waals surface area (Å²) in [7, 11) is 2.19. The van der Waals surface area contributed by atoms with E-state index in [9.17, 15) is 4.79 Å². The first-order valence-electron chi connectivity index (χ1n) is 17.1. The van der Waals surface area contributed by atoms with Gasteiger partial charge in [-0.2, -0.15) is 0 Å². The normalized spacial score (nSPS) is 14.7. The van der Waals surface area contributed by atoms with E-state index in [0.717, 1.165) is 105 Å². The predicted octanol–water partition coefficient (Wildman–Crippen LogP) is 8.65. The summed E-state index contributed by atoms with van der Waals surface area (Å²) in [6, 6.07) is 23.6. The second-order valence-corrected chi connectivity index (χ2v) is 12.4. The number of rotatable bonds is 15. The van der Waals surface area contributed by atoms with Crippen LogP contribution in [0.1, 0.15) is 63.5 Å². The molecule has 1 amide bonds. The lowest BCUT2D eigenvalue weighted by molar-refractivity contribution is -0.112. The summed E-state index contributed by atoms with van der Waals surface area (Å²) in [6.07, 6.45) is 8.19. The largest absolute Gasteiger partial charge is 0.491 e. The molecule has 0 unspecified atom stereocenters. The molecule has 48 heavy (non-hydrogen) atoms. The van der Waals surface area contributed by atoms with Gasteiger partial charge in [0.05, 0.1) is 6.61 Å². The maximum atomic E-state index is 13.6. The third-order valence-electron chi connectivity index (χ3n) is 8.92. The Kier molecular flexibility index (Phi) is 16.8. The van der Waals surface area contributed by atoms with Gasteiger partial charge in [-0.05, 0) is 104 Å². The first kappa shape index (κ1) is 39.4. The minimum absolute atomic E-state index is 0. The van der Waals surface area contributed by atoms with Crippen molar-refractivity contribution in [1.82, 2.24) is 4.90 Å². The van der Waals surface area contributed by atoms with Crippen LogP contribution in [-0.2, 0) is 20.8 Å². The van der Waals surface area contributed by atoms with Crippen molar-refractivity contribution < 1.29 is 19.0 Å². The Labute approximate surface area is 299 Å². The molecular weight excluding hydrogens is 645 g/mol. The zero-order valence-corrected chi connectivity index (χ0v) is 30.4. The van der Waals surface area contributed by atoms with Crippen LogP contribution in [0.25, 0.3) is 17.2 Å². The Bertz CT molecular complexity index is 1430. The minimum Gasteiger partial charge on any atom is -0.491 e.